The van der Waals surface area contributed by atoms with Crippen molar-refractivity contribution in [1.82, 2.24) is 24.6 Å². The second-order valence-corrected chi connectivity index (χ2v) is 9.77. The first-order chi connectivity index (χ1) is 14.9. The molecule has 166 valence electrons. The maximum absolute atomic E-state index is 12.7. The number of carbonyl (C=O) groups excluding carboxylic acids is 2. The molecule has 4 rings (SSSR count). The maximum atomic E-state index is 12.7. The molecule has 8 nitrogen and oxygen atoms in total. The highest BCUT2D eigenvalue weighted by atomic mass is 32.2. The highest BCUT2D eigenvalue weighted by Gasteiger charge is 2.38. The number of aliphatic hydroxyl groups excluding tert-OH is 1. The molecule has 1 aromatic carbocycles. The summed E-state index contributed by atoms with van der Waals surface area (Å²) in [5.74, 6) is 0.0739. The lowest BCUT2D eigenvalue weighted by Gasteiger charge is -2.42. The highest BCUT2D eigenvalue weighted by Crippen LogP contribution is 2.33. The zero-order chi connectivity index (χ0) is 22.0. The van der Waals surface area contributed by atoms with E-state index in [0.717, 1.165) is 16.3 Å². The van der Waals surface area contributed by atoms with Crippen LogP contribution >= 0.6 is 11.8 Å². The number of amides is 2. The summed E-state index contributed by atoms with van der Waals surface area (Å²) in [5, 5.41) is 18.7. The maximum Gasteiger partial charge on any atom is 0.229 e. The number of thioether (sulfide) groups is 1. The van der Waals surface area contributed by atoms with Gasteiger partial charge in [0.2, 0.25) is 11.8 Å². The number of hydrogen-bond donors (Lipinski definition) is 1. The largest absolute Gasteiger partial charge is 0.393 e. The Balaban J connectivity index is 1.28. The number of hydrogen-bond acceptors (Lipinski definition) is 6. The Morgan fingerprint density at radius 2 is 1.97 bits per heavy atom. The molecule has 2 fully saturated rings. The summed E-state index contributed by atoms with van der Waals surface area (Å²) in [6, 6.07) is 8.10. The molecule has 3 heterocycles. The lowest BCUT2D eigenvalue weighted by atomic mass is 9.95. The van der Waals surface area contributed by atoms with E-state index in [9.17, 15) is 14.7 Å². The Labute approximate surface area is 186 Å². The predicted octanol–water partition coefficient (Wildman–Crippen LogP) is 1.65. The summed E-state index contributed by atoms with van der Waals surface area (Å²) < 4.78 is 1.89. The Bertz CT molecular complexity index is 935. The zero-order valence-electron chi connectivity index (χ0n) is 18.0. The van der Waals surface area contributed by atoms with Crippen molar-refractivity contribution in [2.45, 2.75) is 42.7 Å². The van der Waals surface area contributed by atoms with Gasteiger partial charge in [0, 0.05) is 38.5 Å². The number of carbonyl (C=O) groups is 2. The molecule has 2 aliphatic heterocycles. The van der Waals surface area contributed by atoms with Crippen molar-refractivity contribution >= 4 is 23.6 Å². The van der Waals surface area contributed by atoms with Gasteiger partial charge in [-0.05, 0) is 30.9 Å². The Kier molecular flexibility index (Phi) is 6.62. The van der Waals surface area contributed by atoms with Crippen LogP contribution in [-0.4, -0.2) is 73.8 Å². The number of aromatic nitrogens is 3. The molecule has 2 amide bonds. The second-order valence-electron chi connectivity index (χ2n) is 8.46. The molecule has 31 heavy (non-hydrogen) atoms. The zero-order valence-corrected chi connectivity index (χ0v) is 18.8. The number of aryl methyl sites for hydroxylation is 1. The van der Waals surface area contributed by atoms with E-state index in [1.165, 1.54) is 0 Å². The monoisotopic (exact) mass is 443 g/mol. The number of likely N-dealkylation sites (tertiary alicyclic amines) is 2. The lowest BCUT2D eigenvalue weighted by Crippen LogP contribution is -2.57. The van der Waals surface area contributed by atoms with Gasteiger partial charge in [-0.3, -0.25) is 9.59 Å². The molecular weight excluding hydrogens is 414 g/mol. The summed E-state index contributed by atoms with van der Waals surface area (Å²) >= 11 is 1.63. The lowest BCUT2D eigenvalue weighted by molar-refractivity contribution is -0.149. The van der Waals surface area contributed by atoms with Gasteiger partial charge in [0.05, 0.1) is 18.4 Å². The Morgan fingerprint density at radius 1 is 1.23 bits per heavy atom. The average Bonchev–Trinajstić information content (AvgIpc) is 3.12. The van der Waals surface area contributed by atoms with Gasteiger partial charge in [0.25, 0.3) is 0 Å². The van der Waals surface area contributed by atoms with Crippen molar-refractivity contribution in [3.63, 3.8) is 0 Å². The number of piperidine rings is 1. The summed E-state index contributed by atoms with van der Waals surface area (Å²) in [6.45, 7) is 4.33. The van der Waals surface area contributed by atoms with Crippen molar-refractivity contribution in [3.05, 3.63) is 41.7 Å². The van der Waals surface area contributed by atoms with Crippen LogP contribution in [-0.2, 0) is 23.1 Å². The molecule has 0 saturated carbocycles. The van der Waals surface area contributed by atoms with Crippen molar-refractivity contribution in [1.29, 1.82) is 0 Å². The average molecular weight is 444 g/mol. The summed E-state index contributed by atoms with van der Waals surface area (Å²) in [4.78, 5) is 28.9. The SMILES string of the molecule is C[C@H](Sc1nncn1C)c1cccc(CC(=O)N2CC(C(=O)N3CCC(O)CC3)C2)c1. The molecule has 1 aromatic heterocycles. The fourth-order valence-corrected chi connectivity index (χ4v) is 4.94. The van der Waals surface area contributed by atoms with E-state index >= 15 is 0 Å². The van der Waals surface area contributed by atoms with E-state index in [1.54, 1.807) is 23.0 Å². The Morgan fingerprint density at radius 3 is 2.65 bits per heavy atom. The molecule has 0 bridgehead atoms. The first-order valence-electron chi connectivity index (χ1n) is 10.7. The van der Waals surface area contributed by atoms with Crippen LogP contribution in [0.1, 0.15) is 36.1 Å². The number of benzene rings is 1. The third-order valence-electron chi connectivity index (χ3n) is 6.09. The van der Waals surface area contributed by atoms with E-state index in [-0.39, 0.29) is 29.1 Å². The quantitative estimate of drug-likeness (QED) is 0.683. The van der Waals surface area contributed by atoms with Gasteiger partial charge < -0.3 is 19.5 Å². The first-order valence-corrected chi connectivity index (χ1v) is 11.6. The van der Waals surface area contributed by atoms with Crippen molar-refractivity contribution < 1.29 is 14.7 Å². The highest BCUT2D eigenvalue weighted by molar-refractivity contribution is 7.99. The molecule has 1 N–H and O–H groups in total. The van der Waals surface area contributed by atoms with E-state index in [1.807, 2.05) is 28.6 Å². The topological polar surface area (TPSA) is 91.6 Å². The molecule has 2 aliphatic rings. The van der Waals surface area contributed by atoms with Gasteiger partial charge in [0.1, 0.15) is 6.33 Å². The van der Waals surface area contributed by atoms with Crippen LogP contribution in [0.25, 0.3) is 0 Å². The number of aliphatic hydroxyl groups is 1. The minimum atomic E-state index is -0.291. The van der Waals surface area contributed by atoms with Gasteiger partial charge in [-0.15, -0.1) is 10.2 Å². The normalized spacial score (nSPS) is 18.7. The summed E-state index contributed by atoms with van der Waals surface area (Å²) in [7, 11) is 1.92. The van der Waals surface area contributed by atoms with E-state index < -0.39 is 0 Å². The minimum absolute atomic E-state index is 0.0591. The van der Waals surface area contributed by atoms with E-state index in [0.29, 0.717) is 45.4 Å². The van der Waals surface area contributed by atoms with Crippen LogP contribution in [0.15, 0.2) is 35.7 Å². The van der Waals surface area contributed by atoms with E-state index in [4.69, 9.17) is 0 Å². The van der Waals surface area contributed by atoms with Crippen LogP contribution in [0.2, 0.25) is 0 Å². The molecule has 0 radical (unpaired) electrons. The summed E-state index contributed by atoms with van der Waals surface area (Å²) in [5.41, 5.74) is 2.12. The van der Waals surface area contributed by atoms with Crippen molar-refractivity contribution in [2.24, 2.45) is 13.0 Å². The van der Waals surface area contributed by atoms with Gasteiger partial charge in [-0.25, -0.2) is 0 Å². The molecule has 0 unspecified atom stereocenters. The van der Waals surface area contributed by atoms with Crippen LogP contribution < -0.4 is 0 Å². The fraction of sp³-hybridized carbons (Fsp3) is 0.545. The van der Waals surface area contributed by atoms with Crippen molar-refractivity contribution in [3.8, 4) is 0 Å². The number of rotatable bonds is 6. The molecule has 1 atom stereocenters. The molecular formula is C22H29N5O3S. The van der Waals surface area contributed by atoms with Crippen LogP contribution in [0.4, 0.5) is 0 Å². The van der Waals surface area contributed by atoms with Crippen LogP contribution in [0.5, 0.6) is 0 Å². The number of nitrogens with zero attached hydrogens (tertiary/aromatic N) is 5. The van der Waals surface area contributed by atoms with Gasteiger partial charge >= 0.3 is 0 Å². The molecule has 0 aliphatic carbocycles. The standard InChI is InChI=1S/C22H29N5O3S/c1-15(31-22-24-23-14-25(22)2)17-5-3-4-16(10-17)11-20(29)27-12-18(13-27)21(30)26-8-6-19(28)7-9-26/h3-5,10,14-15,18-19,28H,6-9,11-13H2,1-2H3/t15-/m0/s1. The molecule has 0 spiro atoms. The third kappa shape index (κ3) is 5.10. The summed E-state index contributed by atoms with van der Waals surface area (Å²) in [6.07, 6.45) is 3.02. The first kappa shape index (κ1) is 21.8. The van der Waals surface area contributed by atoms with Crippen molar-refractivity contribution in [2.75, 3.05) is 26.2 Å². The van der Waals surface area contributed by atoms with Crippen LogP contribution in [0.3, 0.4) is 0 Å². The predicted molar refractivity (Wildman–Crippen MR) is 117 cm³/mol. The van der Waals surface area contributed by atoms with Gasteiger partial charge in [0.15, 0.2) is 5.16 Å². The Hall–Kier alpha value is -2.39. The van der Waals surface area contributed by atoms with E-state index in [2.05, 4.69) is 29.3 Å². The molecule has 2 aromatic rings. The smallest absolute Gasteiger partial charge is 0.229 e. The van der Waals surface area contributed by atoms with Crippen LogP contribution in [0, 0.1) is 5.92 Å². The van der Waals surface area contributed by atoms with Gasteiger partial charge in [-0.2, -0.15) is 0 Å². The fourth-order valence-electron chi connectivity index (χ4n) is 4.03. The molecule has 9 heteroatoms. The minimum Gasteiger partial charge on any atom is -0.393 e. The molecule has 2 saturated heterocycles. The van der Waals surface area contributed by atoms with Gasteiger partial charge in [-0.1, -0.05) is 36.0 Å². The second kappa shape index (κ2) is 9.40. The third-order valence-corrected chi connectivity index (χ3v) is 7.29.